The second-order valence-corrected chi connectivity index (χ2v) is 8.23. The van der Waals surface area contributed by atoms with Crippen molar-refractivity contribution in [3.63, 3.8) is 0 Å². The predicted molar refractivity (Wildman–Crippen MR) is 122 cm³/mol. The van der Waals surface area contributed by atoms with Crippen LogP contribution in [0.5, 0.6) is 0 Å². The molecule has 10 heteroatoms. The molecule has 1 amide bonds. The van der Waals surface area contributed by atoms with Crippen LogP contribution in [0.4, 0.5) is 17.3 Å². The first kappa shape index (κ1) is 21.3. The molecule has 33 heavy (non-hydrogen) atoms. The summed E-state index contributed by atoms with van der Waals surface area (Å²) >= 11 is 0. The standard InChI is InChI=1S/C23H25N7O3/c1-4-30-16-8-6-5-7-15(16)27-20(30)14(9-24)18-12(2)10-26-23(28-18)29-21(31)19-17-11-25-13(3)22(32-17)33-19/h5-8,10,13,17,19,22,25,27H,4,11H2,1-3H3,(H,26,28,29,31)/b20-14+/t13-,17-,19+,22-/m0/s1. The number of fused-ring (bicyclic) bond motifs is 3. The molecular formula is C23H25N7O3. The first-order valence-electron chi connectivity index (χ1n) is 11.0. The number of carbonyl (C=O) groups is 1. The molecule has 170 valence electrons. The van der Waals surface area contributed by atoms with Gasteiger partial charge >= 0.3 is 0 Å². The van der Waals surface area contributed by atoms with E-state index >= 15 is 0 Å². The van der Waals surface area contributed by atoms with E-state index < -0.39 is 12.4 Å². The number of morpholine rings is 1. The predicted octanol–water partition coefficient (Wildman–Crippen LogP) is 1.97. The summed E-state index contributed by atoms with van der Waals surface area (Å²) in [5.74, 6) is 0.390. The van der Waals surface area contributed by atoms with Crippen LogP contribution in [-0.2, 0) is 14.3 Å². The summed E-state index contributed by atoms with van der Waals surface area (Å²) in [6, 6.07) is 10.2. The molecule has 3 N–H and O–H groups in total. The lowest BCUT2D eigenvalue weighted by Crippen LogP contribution is -2.48. The van der Waals surface area contributed by atoms with Crippen molar-refractivity contribution in [1.82, 2.24) is 15.3 Å². The van der Waals surface area contributed by atoms with Crippen LogP contribution in [0.25, 0.3) is 5.57 Å². The number of carbonyl (C=O) groups excluding carboxylic acids is 1. The molecule has 0 unspecified atom stereocenters. The van der Waals surface area contributed by atoms with Crippen LogP contribution >= 0.6 is 0 Å². The minimum absolute atomic E-state index is 0.00985. The van der Waals surface area contributed by atoms with Gasteiger partial charge in [0.1, 0.15) is 23.6 Å². The van der Waals surface area contributed by atoms with Gasteiger partial charge in [-0.3, -0.25) is 10.1 Å². The second kappa shape index (κ2) is 8.44. The number of amides is 1. The van der Waals surface area contributed by atoms with Crippen molar-refractivity contribution in [2.24, 2.45) is 0 Å². The Labute approximate surface area is 191 Å². The SMILES string of the molecule is CCN1/C(=C(\C#N)c2nc(NC(=O)[C@@H]3O[C@@H]4O[C@H]3CN[C@H]4C)ncc2C)Nc2ccccc21. The van der Waals surface area contributed by atoms with Gasteiger partial charge in [-0.15, -0.1) is 0 Å². The van der Waals surface area contributed by atoms with Gasteiger partial charge in [0.2, 0.25) is 5.95 Å². The highest BCUT2D eigenvalue weighted by Crippen LogP contribution is 2.39. The van der Waals surface area contributed by atoms with E-state index in [1.54, 1.807) is 6.20 Å². The van der Waals surface area contributed by atoms with Crippen LogP contribution in [0.2, 0.25) is 0 Å². The van der Waals surface area contributed by atoms with Crippen LogP contribution in [-0.4, -0.2) is 53.5 Å². The summed E-state index contributed by atoms with van der Waals surface area (Å²) in [6.07, 6.45) is 0.0183. The van der Waals surface area contributed by atoms with E-state index in [-0.39, 0.29) is 24.0 Å². The van der Waals surface area contributed by atoms with Crippen LogP contribution in [0.3, 0.4) is 0 Å². The van der Waals surface area contributed by atoms with Gasteiger partial charge in [-0.2, -0.15) is 5.26 Å². The number of allylic oxidation sites excluding steroid dienone is 1. The van der Waals surface area contributed by atoms with Crippen molar-refractivity contribution in [3.05, 3.63) is 47.5 Å². The smallest absolute Gasteiger partial charge is 0.258 e. The Kier molecular flexibility index (Phi) is 5.46. The van der Waals surface area contributed by atoms with Gasteiger partial charge in [0, 0.05) is 19.3 Å². The fraction of sp³-hybridized carbons (Fsp3) is 0.391. The summed E-state index contributed by atoms with van der Waals surface area (Å²) in [4.78, 5) is 23.7. The van der Waals surface area contributed by atoms with E-state index in [9.17, 15) is 10.1 Å². The quantitative estimate of drug-likeness (QED) is 0.603. The number of aromatic nitrogens is 2. The largest absolute Gasteiger partial charge is 0.343 e. The summed E-state index contributed by atoms with van der Waals surface area (Å²) in [7, 11) is 0. The van der Waals surface area contributed by atoms with Gasteiger partial charge < -0.3 is 25.0 Å². The van der Waals surface area contributed by atoms with Gasteiger partial charge in [0.25, 0.3) is 5.91 Å². The summed E-state index contributed by atoms with van der Waals surface area (Å²) < 4.78 is 11.5. The van der Waals surface area contributed by atoms with Crippen LogP contribution in [0, 0.1) is 18.3 Å². The Hall–Kier alpha value is -3.52. The van der Waals surface area contributed by atoms with Crippen LogP contribution in [0.1, 0.15) is 25.1 Å². The molecule has 0 saturated carbocycles. The maximum absolute atomic E-state index is 12.9. The summed E-state index contributed by atoms with van der Waals surface area (Å²) in [6.45, 7) is 7.00. The number of hydrogen-bond donors (Lipinski definition) is 3. The Balaban J connectivity index is 1.44. The molecule has 4 heterocycles. The third-order valence-electron chi connectivity index (χ3n) is 6.06. The fourth-order valence-electron chi connectivity index (χ4n) is 4.34. The second-order valence-electron chi connectivity index (χ2n) is 8.23. The summed E-state index contributed by atoms with van der Waals surface area (Å²) in [5, 5.41) is 19.4. The molecule has 0 radical (unpaired) electrons. The third-order valence-corrected chi connectivity index (χ3v) is 6.06. The number of nitrogens with one attached hydrogen (secondary N) is 3. The Morgan fingerprint density at radius 2 is 2.18 bits per heavy atom. The molecule has 2 fully saturated rings. The number of para-hydroxylation sites is 2. The monoisotopic (exact) mass is 447 g/mol. The van der Waals surface area contributed by atoms with E-state index in [0.717, 1.165) is 16.9 Å². The van der Waals surface area contributed by atoms with E-state index in [1.807, 2.05) is 49.9 Å². The zero-order valence-electron chi connectivity index (χ0n) is 18.6. The highest BCUT2D eigenvalue weighted by atomic mass is 16.7. The van der Waals surface area contributed by atoms with E-state index in [0.29, 0.717) is 30.2 Å². The number of aryl methyl sites for hydroxylation is 1. The van der Waals surface area contributed by atoms with Crippen molar-refractivity contribution < 1.29 is 14.3 Å². The number of rotatable bonds is 4. The molecule has 4 atom stereocenters. The highest BCUT2D eigenvalue weighted by molar-refractivity contribution is 5.94. The van der Waals surface area contributed by atoms with E-state index in [2.05, 4.69) is 32.0 Å². The number of ether oxygens (including phenoxy) is 2. The number of nitriles is 1. The molecular weight excluding hydrogens is 422 g/mol. The molecule has 2 saturated heterocycles. The highest BCUT2D eigenvalue weighted by Gasteiger charge is 2.46. The topological polar surface area (TPSA) is 124 Å². The van der Waals surface area contributed by atoms with Gasteiger partial charge in [-0.1, -0.05) is 12.1 Å². The summed E-state index contributed by atoms with van der Waals surface area (Å²) in [5.41, 5.74) is 3.47. The number of nitrogens with zero attached hydrogens (tertiary/aromatic N) is 4. The Morgan fingerprint density at radius 3 is 2.94 bits per heavy atom. The molecule has 1 aromatic heterocycles. The van der Waals surface area contributed by atoms with Gasteiger partial charge in [0.05, 0.1) is 23.1 Å². The molecule has 2 aromatic rings. The van der Waals surface area contributed by atoms with Crippen molar-refractivity contribution in [3.8, 4) is 6.07 Å². The van der Waals surface area contributed by atoms with Crippen molar-refractivity contribution in [1.29, 1.82) is 5.26 Å². The van der Waals surface area contributed by atoms with Crippen molar-refractivity contribution in [2.45, 2.75) is 45.3 Å². The normalized spacial score (nSPS) is 26.9. The molecule has 2 bridgehead atoms. The molecule has 3 aliphatic rings. The number of hydrogen-bond acceptors (Lipinski definition) is 9. The van der Waals surface area contributed by atoms with E-state index in [4.69, 9.17) is 9.47 Å². The minimum Gasteiger partial charge on any atom is -0.343 e. The van der Waals surface area contributed by atoms with Crippen molar-refractivity contribution in [2.75, 3.05) is 28.6 Å². The third kappa shape index (κ3) is 3.70. The van der Waals surface area contributed by atoms with Crippen LogP contribution < -0.4 is 20.9 Å². The lowest BCUT2D eigenvalue weighted by Gasteiger charge is -2.25. The maximum Gasteiger partial charge on any atom is 0.258 e. The van der Waals surface area contributed by atoms with Crippen molar-refractivity contribution >= 4 is 28.8 Å². The zero-order valence-corrected chi connectivity index (χ0v) is 18.6. The molecule has 0 aliphatic carbocycles. The van der Waals surface area contributed by atoms with E-state index in [1.165, 1.54) is 0 Å². The maximum atomic E-state index is 12.9. The molecule has 0 spiro atoms. The fourth-order valence-corrected chi connectivity index (χ4v) is 4.34. The lowest BCUT2D eigenvalue weighted by atomic mass is 10.1. The van der Waals surface area contributed by atoms with Gasteiger partial charge in [-0.25, -0.2) is 9.97 Å². The van der Waals surface area contributed by atoms with Crippen LogP contribution in [0.15, 0.2) is 36.3 Å². The molecule has 3 aliphatic heterocycles. The number of anilines is 3. The van der Waals surface area contributed by atoms with Gasteiger partial charge in [0.15, 0.2) is 12.4 Å². The van der Waals surface area contributed by atoms with Gasteiger partial charge in [-0.05, 0) is 38.5 Å². The molecule has 5 rings (SSSR count). The Morgan fingerprint density at radius 1 is 1.36 bits per heavy atom. The average Bonchev–Trinajstić information content (AvgIpc) is 3.37. The minimum atomic E-state index is -0.754. The lowest BCUT2D eigenvalue weighted by molar-refractivity contribution is -0.130. The first-order chi connectivity index (χ1) is 16.0. The Bertz CT molecular complexity index is 1170. The molecule has 1 aromatic carbocycles. The number of benzene rings is 1. The zero-order chi connectivity index (χ0) is 23.1. The average molecular weight is 447 g/mol. The first-order valence-corrected chi connectivity index (χ1v) is 11.0. The molecule has 10 nitrogen and oxygen atoms in total.